The van der Waals surface area contributed by atoms with E-state index < -0.39 is 0 Å². The van der Waals surface area contributed by atoms with Gasteiger partial charge in [-0.15, -0.1) is 0 Å². The van der Waals surface area contributed by atoms with Crippen LogP contribution < -0.4 is 11.3 Å². The van der Waals surface area contributed by atoms with Gasteiger partial charge >= 0.3 is 0 Å². The summed E-state index contributed by atoms with van der Waals surface area (Å²) in [6.45, 7) is 1.85. The summed E-state index contributed by atoms with van der Waals surface area (Å²) in [5, 5.41) is 0.769. The molecule has 1 amide bonds. The zero-order chi connectivity index (χ0) is 12.0. The van der Waals surface area contributed by atoms with Crippen molar-refractivity contribution in [3.8, 4) is 0 Å². The molecule has 0 saturated carbocycles. The van der Waals surface area contributed by atoms with E-state index in [4.69, 9.17) is 17.4 Å². The van der Waals surface area contributed by atoms with Gasteiger partial charge in [-0.25, -0.2) is 5.84 Å². The number of hydrogen-bond acceptors (Lipinski definition) is 3. The van der Waals surface area contributed by atoms with E-state index in [2.05, 4.69) is 5.43 Å². The number of carbonyl (C=O) groups is 1. The lowest BCUT2D eigenvalue weighted by Crippen LogP contribution is -2.35. The van der Waals surface area contributed by atoms with Gasteiger partial charge in [-0.2, -0.15) is 11.8 Å². The van der Waals surface area contributed by atoms with Crippen LogP contribution in [0.5, 0.6) is 0 Å². The van der Waals surface area contributed by atoms with Crippen molar-refractivity contribution < 1.29 is 4.79 Å². The van der Waals surface area contributed by atoms with Gasteiger partial charge in [0.15, 0.2) is 0 Å². The summed E-state index contributed by atoms with van der Waals surface area (Å²) in [7, 11) is 0. The molecule has 3 nitrogen and oxygen atoms in total. The van der Waals surface area contributed by atoms with Gasteiger partial charge in [0.05, 0.1) is 0 Å². The number of rotatable bonds is 5. The molecule has 1 aromatic rings. The first-order valence-electron chi connectivity index (χ1n) is 4.96. The van der Waals surface area contributed by atoms with Gasteiger partial charge in [0.1, 0.15) is 0 Å². The molecule has 0 aliphatic rings. The summed E-state index contributed by atoms with van der Waals surface area (Å²) < 4.78 is 0. The summed E-state index contributed by atoms with van der Waals surface area (Å²) in [6, 6.07) is 7.72. The second-order valence-electron chi connectivity index (χ2n) is 3.52. The van der Waals surface area contributed by atoms with E-state index in [9.17, 15) is 4.79 Å². The van der Waals surface area contributed by atoms with E-state index >= 15 is 0 Å². The Bertz CT molecular complexity index is 360. The van der Waals surface area contributed by atoms with Gasteiger partial charge in [0, 0.05) is 22.4 Å². The second-order valence-corrected chi connectivity index (χ2v) is 4.95. The largest absolute Gasteiger partial charge is 0.294 e. The Balaban J connectivity index is 2.36. The highest BCUT2D eigenvalue weighted by molar-refractivity contribution is 7.98. The Morgan fingerprint density at radius 1 is 1.56 bits per heavy atom. The van der Waals surface area contributed by atoms with Crippen LogP contribution in [0.3, 0.4) is 0 Å². The summed E-state index contributed by atoms with van der Waals surface area (Å²) in [6.07, 6.45) is 0. The van der Waals surface area contributed by atoms with Crippen molar-refractivity contribution in [3.05, 3.63) is 34.9 Å². The summed E-state index contributed by atoms with van der Waals surface area (Å²) in [4.78, 5) is 11.1. The average Bonchev–Trinajstić information content (AvgIpc) is 2.30. The molecule has 0 bridgehead atoms. The molecule has 1 aromatic carbocycles. The molecular weight excluding hydrogens is 244 g/mol. The van der Waals surface area contributed by atoms with Gasteiger partial charge < -0.3 is 0 Å². The maximum absolute atomic E-state index is 11.1. The molecule has 0 heterocycles. The third kappa shape index (κ3) is 4.04. The lowest BCUT2D eigenvalue weighted by molar-refractivity contribution is -0.123. The fraction of sp³-hybridized carbons (Fsp3) is 0.364. The number of thioether (sulfide) groups is 1. The first-order valence-corrected chi connectivity index (χ1v) is 6.50. The van der Waals surface area contributed by atoms with Crippen LogP contribution >= 0.6 is 23.4 Å². The number of nitrogens with two attached hydrogens (primary N) is 1. The third-order valence-corrected chi connectivity index (χ3v) is 3.79. The molecular formula is C11H15ClN2OS. The van der Waals surface area contributed by atoms with Crippen LogP contribution in [-0.2, 0) is 10.5 Å². The molecule has 0 aliphatic carbocycles. The highest BCUT2D eigenvalue weighted by Crippen LogP contribution is 2.21. The van der Waals surface area contributed by atoms with Gasteiger partial charge in [-0.05, 0) is 11.6 Å². The lowest BCUT2D eigenvalue weighted by atomic mass is 10.2. The van der Waals surface area contributed by atoms with Crippen LogP contribution in [0.15, 0.2) is 24.3 Å². The number of amides is 1. The Morgan fingerprint density at radius 3 is 2.88 bits per heavy atom. The number of benzene rings is 1. The monoisotopic (exact) mass is 258 g/mol. The molecule has 1 rings (SSSR count). The molecule has 0 spiro atoms. The smallest absolute Gasteiger partial charge is 0.237 e. The van der Waals surface area contributed by atoms with Crippen LogP contribution in [0.25, 0.3) is 0 Å². The molecule has 1 unspecified atom stereocenters. The first kappa shape index (κ1) is 13.4. The average molecular weight is 259 g/mol. The van der Waals surface area contributed by atoms with Crippen molar-refractivity contribution in [2.75, 3.05) is 5.75 Å². The molecule has 0 fully saturated rings. The SMILES string of the molecule is CC(CSCc1ccccc1Cl)C(=O)NN. The summed E-state index contributed by atoms with van der Waals surface area (Å²) in [5.41, 5.74) is 3.24. The van der Waals surface area contributed by atoms with Crippen LogP contribution in [0.2, 0.25) is 5.02 Å². The molecule has 0 aromatic heterocycles. The Kier molecular flexibility index (Phi) is 5.66. The van der Waals surface area contributed by atoms with E-state index in [1.807, 2.05) is 31.2 Å². The van der Waals surface area contributed by atoms with Gasteiger partial charge in [-0.1, -0.05) is 36.7 Å². The highest BCUT2D eigenvalue weighted by Gasteiger charge is 2.11. The molecule has 0 saturated heterocycles. The van der Waals surface area contributed by atoms with Gasteiger partial charge in [0.25, 0.3) is 0 Å². The third-order valence-electron chi connectivity index (χ3n) is 2.17. The van der Waals surface area contributed by atoms with Crippen molar-refractivity contribution in [3.63, 3.8) is 0 Å². The minimum atomic E-state index is -0.133. The normalized spacial score (nSPS) is 12.2. The van der Waals surface area contributed by atoms with E-state index in [0.29, 0.717) is 0 Å². The van der Waals surface area contributed by atoms with E-state index in [0.717, 1.165) is 22.1 Å². The summed E-state index contributed by atoms with van der Waals surface area (Å²) >= 11 is 7.69. The molecule has 3 N–H and O–H groups in total. The Hall–Kier alpha value is -0.710. The van der Waals surface area contributed by atoms with Gasteiger partial charge in [-0.3, -0.25) is 10.2 Å². The van der Waals surface area contributed by atoms with Crippen LogP contribution in [-0.4, -0.2) is 11.7 Å². The number of hydrogen-bond donors (Lipinski definition) is 2. The first-order chi connectivity index (χ1) is 7.65. The van der Waals surface area contributed by atoms with Gasteiger partial charge in [0.2, 0.25) is 5.91 Å². The maximum atomic E-state index is 11.1. The Morgan fingerprint density at radius 2 is 2.25 bits per heavy atom. The zero-order valence-electron chi connectivity index (χ0n) is 9.07. The highest BCUT2D eigenvalue weighted by atomic mass is 35.5. The molecule has 88 valence electrons. The number of nitrogens with one attached hydrogen (secondary N) is 1. The fourth-order valence-corrected chi connectivity index (χ4v) is 2.56. The van der Waals surface area contributed by atoms with Crippen LogP contribution in [0, 0.1) is 5.92 Å². The number of halogens is 1. The maximum Gasteiger partial charge on any atom is 0.237 e. The quantitative estimate of drug-likeness (QED) is 0.484. The molecule has 0 aliphatic heterocycles. The van der Waals surface area contributed by atoms with E-state index in [1.54, 1.807) is 11.8 Å². The number of hydrazine groups is 1. The topological polar surface area (TPSA) is 55.1 Å². The lowest BCUT2D eigenvalue weighted by Gasteiger charge is -2.09. The van der Waals surface area contributed by atoms with Crippen LogP contribution in [0.4, 0.5) is 0 Å². The standard InChI is InChI=1S/C11H15ClN2OS/c1-8(11(15)14-13)6-16-7-9-4-2-3-5-10(9)12/h2-5,8H,6-7,13H2,1H3,(H,14,15). The Labute approximate surface area is 105 Å². The van der Waals surface area contributed by atoms with Crippen molar-refractivity contribution in [1.82, 2.24) is 5.43 Å². The molecule has 0 radical (unpaired) electrons. The van der Waals surface area contributed by atoms with E-state index in [-0.39, 0.29) is 11.8 Å². The van der Waals surface area contributed by atoms with Crippen molar-refractivity contribution in [2.45, 2.75) is 12.7 Å². The minimum Gasteiger partial charge on any atom is -0.294 e. The molecule has 5 heteroatoms. The predicted molar refractivity (Wildman–Crippen MR) is 69.1 cm³/mol. The summed E-state index contributed by atoms with van der Waals surface area (Å²) in [5.74, 6) is 6.37. The second kappa shape index (κ2) is 6.78. The molecule has 1 atom stereocenters. The predicted octanol–water partition coefficient (Wildman–Crippen LogP) is 2.20. The number of carbonyl (C=O) groups excluding carboxylic acids is 1. The zero-order valence-corrected chi connectivity index (χ0v) is 10.6. The van der Waals surface area contributed by atoms with Crippen molar-refractivity contribution in [2.24, 2.45) is 11.8 Å². The fourth-order valence-electron chi connectivity index (χ4n) is 1.18. The van der Waals surface area contributed by atoms with Crippen molar-refractivity contribution >= 4 is 29.3 Å². The molecule has 16 heavy (non-hydrogen) atoms. The minimum absolute atomic E-state index is 0.0857. The van der Waals surface area contributed by atoms with Crippen molar-refractivity contribution in [1.29, 1.82) is 0 Å². The van der Waals surface area contributed by atoms with E-state index in [1.165, 1.54) is 0 Å². The van der Waals surface area contributed by atoms with Crippen LogP contribution in [0.1, 0.15) is 12.5 Å².